The van der Waals surface area contributed by atoms with Crippen LogP contribution in [0.15, 0.2) is 36.0 Å². The summed E-state index contributed by atoms with van der Waals surface area (Å²) in [5.41, 5.74) is 5.22. The van der Waals surface area contributed by atoms with Crippen LogP contribution in [-0.4, -0.2) is 26.7 Å². The van der Waals surface area contributed by atoms with Gasteiger partial charge in [0, 0.05) is 11.8 Å². The predicted octanol–water partition coefficient (Wildman–Crippen LogP) is 9.15. The third kappa shape index (κ3) is 4.54. The molecule has 6 nitrogen and oxygen atoms in total. The zero-order valence-corrected chi connectivity index (χ0v) is 30.4. The van der Waals surface area contributed by atoms with E-state index in [9.17, 15) is 9.59 Å². The van der Waals surface area contributed by atoms with Gasteiger partial charge in [-0.25, -0.2) is 4.68 Å². The Bertz CT molecular complexity index is 1640. The fourth-order valence-corrected chi connectivity index (χ4v) is 12.3. The van der Waals surface area contributed by atoms with Crippen molar-refractivity contribution < 1.29 is 14.3 Å². The number of carbonyl (C=O) groups excluding carboxylic acids is 2. The van der Waals surface area contributed by atoms with E-state index in [0.29, 0.717) is 41.6 Å². The topological polar surface area (TPSA) is 74.1 Å². The van der Waals surface area contributed by atoms with E-state index in [1.54, 1.807) is 10.3 Å². The van der Waals surface area contributed by atoms with Crippen molar-refractivity contribution in [3.63, 3.8) is 0 Å². The second-order valence-electron chi connectivity index (χ2n) is 17.9. The molecule has 0 saturated heterocycles. The molecule has 0 aliphatic heterocycles. The van der Waals surface area contributed by atoms with Crippen molar-refractivity contribution in [2.45, 2.75) is 127 Å². The number of rotatable bonds is 4. The number of hydrogen-bond acceptors (Lipinski definition) is 5. The molecule has 1 aromatic carbocycles. The minimum absolute atomic E-state index is 0.0319. The molecular formula is C41H57N3O3. The molecule has 4 saturated carbocycles. The van der Waals surface area contributed by atoms with Gasteiger partial charge < -0.3 is 4.74 Å². The molecule has 0 amide bonds. The summed E-state index contributed by atoms with van der Waals surface area (Å²) in [6, 6.07) is 6.25. The first-order chi connectivity index (χ1) is 22.1. The number of ketones is 1. The van der Waals surface area contributed by atoms with Crippen LogP contribution in [0.2, 0.25) is 0 Å². The van der Waals surface area contributed by atoms with Gasteiger partial charge in [-0.05, 0) is 134 Å². The zero-order chi connectivity index (χ0) is 33.7. The Labute approximate surface area is 282 Å². The number of Topliss-reactive ketones (excluding diaryl/α,β-unsaturated/α-hetero) is 1. The van der Waals surface area contributed by atoms with Gasteiger partial charge in [0.25, 0.3) is 0 Å². The Morgan fingerprint density at radius 2 is 1.72 bits per heavy atom. The van der Waals surface area contributed by atoms with E-state index >= 15 is 0 Å². The van der Waals surface area contributed by atoms with Crippen molar-refractivity contribution in [1.82, 2.24) is 15.0 Å². The molecule has 2 aromatic rings. The highest BCUT2D eigenvalue weighted by atomic mass is 16.5. The minimum Gasteiger partial charge on any atom is -0.459 e. The fourth-order valence-electron chi connectivity index (χ4n) is 12.3. The van der Waals surface area contributed by atoms with Crippen LogP contribution in [0.1, 0.15) is 123 Å². The number of fused-ring (bicyclic) bond motifs is 7. The van der Waals surface area contributed by atoms with Gasteiger partial charge in [-0.15, -0.1) is 5.10 Å². The van der Waals surface area contributed by atoms with Crippen molar-refractivity contribution in [3.05, 3.63) is 52.9 Å². The molecule has 9 atom stereocenters. The molecule has 4 fully saturated rings. The van der Waals surface area contributed by atoms with E-state index in [2.05, 4.69) is 90.8 Å². The average Bonchev–Trinajstić information content (AvgIpc) is 3.50. The van der Waals surface area contributed by atoms with Crippen LogP contribution in [0.5, 0.6) is 0 Å². The number of hydrogen-bond donors (Lipinski definition) is 0. The molecule has 1 aromatic heterocycles. The van der Waals surface area contributed by atoms with Gasteiger partial charge in [-0.3, -0.25) is 9.59 Å². The second kappa shape index (κ2) is 10.9. The van der Waals surface area contributed by atoms with Crippen LogP contribution in [0.3, 0.4) is 0 Å². The first-order valence-electron chi connectivity index (χ1n) is 18.5. The van der Waals surface area contributed by atoms with Crippen LogP contribution in [0.4, 0.5) is 0 Å². The third-order valence-corrected chi connectivity index (χ3v) is 15.8. The molecule has 0 N–H and O–H groups in total. The summed E-state index contributed by atoms with van der Waals surface area (Å²) in [6.07, 6.45) is 13.4. The van der Waals surface area contributed by atoms with E-state index in [1.165, 1.54) is 11.1 Å². The van der Waals surface area contributed by atoms with Crippen molar-refractivity contribution in [2.24, 2.45) is 56.7 Å². The van der Waals surface area contributed by atoms with Gasteiger partial charge in [0.05, 0.1) is 17.3 Å². The molecule has 254 valence electrons. The normalized spacial score (nSPS) is 40.7. The molecule has 47 heavy (non-hydrogen) atoms. The lowest BCUT2D eigenvalue weighted by Crippen LogP contribution is -2.65. The third-order valence-electron chi connectivity index (χ3n) is 15.8. The molecule has 0 unspecified atom stereocenters. The molecule has 1 heterocycles. The van der Waals surface area contributed by atoms with Gasteiger partial charge in [0.1, 0.15) is 18.1 Å². The molecule has 6 heteroatoms. The molecule has 5 aliphatic rings. The van der Waals surface area contributed by atoms with Crippen LogP contribution >= 0.6 is 0 Å². The number of nitrogens with zero attached hydrogens (tertiary/aromatic N) is 3. The second-order valence-corrected chi connectivity index (χ2v) is 17.9. The minimum atomic E-state index is -0.495. The number of esters is 1. The van der Waals surface area contributed by atoms with Crippen LogP contribution in [-0.2, 0) is 20.9 Å². The van der Waals surface area contributed by atoms with E-state index in [4.69, 9.17) is 4.74 Å². The maximum Gasteiger partial charge on any atom is 0.313 e. The largest absolute Gasteiger partial charge is 0.459 e. The molecule has 5 aliphatic carbocycles. The standard InChI is InChI=1S/C41H57N3O3/c1-25-10-11-30(22-27(25)3)44-23-29(42-43-44)24-47-36(46)41-19-14-26(2)28(4)35(41)31-12-13-33-38(7)17-16-34(45)37(5,6)32(38)15-18-40(33,9)39(31,8)20-21-41/h10-12,22-23,26,28,32-33,35H,13-21,24H2,1-9H3/t26-,28+,32+,33-,35+,38+,39-,40-,41+/m1/s1. The first kappa shape index (κ1) is 32.8. The zero-order valence-electron chi connectivity index (χ0n) is 30.4. The Hall–Kier alpha value is -2.76. The van der Waals surface area contributed by atoms with Crippen molar-refractivity contribution in [2.75, 3.05) is 0 Å². The summed E-state index contributed by atoms with van der Waals surface area (Å²) in [4.78, 5) is 27.6. The Morgan fingerprint density at radius 1 is 0.957 bits per heavy atom. The summed E-state index contributed by atoms with van der Waals surface area (Å²) in [7, 11) is 0. The number of aryl methyl sites for hydroxylation is 2. The van der Waals surface area contributed by atoms with E-state index in [-0.39, 0.29) is 40.2 Å². The summed E-state index contributed by atoms with van der Waals surface area (Å²) < 4.78 is 8.03. The molecule has 7 rings (SSSR count). The molecule has 0 radical (unpaired) electrons. The van der Waals surface area contributed by atoms with E-state index in [1.807, 2.05) is 12.3 Å². The Kier molecular flexibility index (Phi) is 7.58. The number of allylic oxidation sites excluding steroid dienone is 2. The first-order valence-corrected chi connectivity index (χ1v) is 18.5. The molecule has 0 spiro atoms. The highest BCUT2D eigenvalue weighted by Gasteiger charge is 2.69. The summed E-state index contributed by atoms with van der Waals surface area (Å²) in [5.74, 6) is 2.56. The summed E-state index contributed by atoms with van der Waals surface area (Å²) in [5, 5.41) is 8.73. The highest BCUT2D eigenvalue weighted by Crippen LogP contribution is 2.75. The fraction of sp³-hybridized carbons (Fsp3) is 0.707. The van der Waals surface area contributed by atoms with Crippen LogP contribution < -0.4 is 0 Å². The smallest absolute Gasteiger partial charge is 0.313 e. The van der Waals surface area contributed by atoms with Crippen LogP contribution in [0.25, 0.3) is 5.69 Å². The molecular weight excluding hydrogens is 582 g/mol. The lowest BCUT2D eigenvalue weighted by atomic mass is 9.33. The van der Waals surface area contributed by atoms with Gasteiger partial charge >= 0.3 is 5.97 Å². The van der Waals surface area contributed by atoms with Gasteiger partial charge in [-0.1, -0.05) is 71.4 Å². The summed E-state index contributed by atoms with van der Waals surface area (Å²) >= 11 is 0. The monoisotopic (exact) mass is 639 g/mol. The van der Waals surface area contributed by atoms with Crippen molar-refractivity contribution in [3.8, 4) is 5.69 Å². The van der Waals surface area contributed by atoms with Crippen LogP contribution in [0, 0.1) is 70.5 Å². The van der Waals surface area contributed by atoms with Gasteiger partial charge in [-0.2, -0.15) is 0 Å². The molecule has 0 bridgehead atoms. The number of benzene rings is 1. The Balaban J connectivity index is 1.18. The predicted molar refractivity (Wildman–Crippen MR) is 185 cm³/mol. The lowest BCUT2D eigenvalue weighted by molar-refractivity contribution is -0.193. The Morgan fingerprint density at radius 3 is 2.47 bits per heavy atom. The average molecular weight is 640 g/mol. The summed E-state index contributed by atoms with van der Waals surface area (Å²) in [6.45, 7) is 21.3. The maximum absolute atomic E-state index is 14.5. The number of ether oxygens (including phenoxy) is 1. The number of carbonyl (C=O) groups is 2. The maximum atomic E-state index is 14.5. The van der Waals surface area contributed by atoms with E-state index in [0.717, 1.165) is 57.1 Å². The van der Waals surface area contributed by atoms with Crippen molar-refractivity contribution in [1.29, 1.82) is 0 Å². The quantitative estimate of drug-likeness (QED) is 0.246. The highest BCUT2D eigenvalue weighted by molar-refractivity contribution is 5.85. The van der Waals surface area contributed by atoms with Gasteiger partial charge in [0.2, 0.25) is 0 Å². The van der Waals surface area contributed by atoms with Crippen molar-refractivity contribution >= 4 is 11.8 Å². The van der Waals surface area contributed by atoms with Gasteiger partial charge in [0.15, 0.2) is 0 Å². The SMILES string of the molecule is Cc1ccc(-n2cc(COC(=O)[C@]34CC[C@@H](C)[C@H](C)[C@H]3C3=CC[C@@H]5[C@@]6(C)CCC(=O)C(C)(C)[C@@H]6CC[C@@]5(C)[C@]3(C)CC4)nn2)cc1C. The number of aromatic nitrogens is 3. The lowest BCUT2D eigenvalue weighted by Gasteiger charge is -2.70. The van der Waals surface area contributed by atoms with E-state index < -0.39 is 5.41 Å².